The lowest BCUT2D eigenvalue weighted by Gasteiger charge is -2.17. The van der Waals surface area contributed by atoms with Gasteiger partial charge in [0.15, 0.2) is 0 Å². The highest BCUT2D eigenvalue weighted by atomic mass is 32.2. The van der Waals surface area contributed by atoms with E-state index in [2.05, 4.69) is 35.1 Å². The summed E-state index contributed by atoms with van der Waals surface area (Å²) in [7, 11) is 2.06. The molecule has 0 aliphatic heterocycles. The van der Waals surface area contributed by atoms with Crippen LogP contribution in [0.2, 0.25) is 0 Å². The van der Waals surface area contributed by atoms with Crippen molar-refractivity contribution in [2.45, 2.75) is 32.2 Å². The van der Waals surface area contributed by atoms with Gasteiger partial charge in [0, 0.05) is 31.9 Å². The molecule has 0 fully saturated rings. The molecule has 0 amide bonds. The number of thioether (sulfide) groups is 1. The van der Waals surface area contributed by atoms with E-state index in [1.54, 1.807) is 0 Å². The Bertz CT molecular complexity index is 286. The average molecular weight is 241 g/mol. The average Bonchev–Trinajstić information content (AvgIpc) is 2.68. The molecule has 92 valence electrons. The molecule has 1 unspecified atom stereocenters. The zero-order valence-electron chi connectivity index (χ0n) is 10.6. The van der Waals surface area contributed by atoms with E-state index in [1.807, 2.05) is 24.2 Å². The highest BCUT2D eigenvalue weighted by Gasteiger charge is 2.08. The number of rotatable bonds is 8. The van der Waals surface area contributed by atoms with Crippen molar-refractivity contribution < 1.29 is 0 Å². The number of nitrogens with one attached hydrogen (secondary N) is 1. The second kappa shape index (κ2) is 7.74. The molecule has 0 aliphatic rings. The molecule has 1 atom stereocenters. The number of nitrogens with zero attached hydrogens (tertiary/aromatic N) is 2. The van der Waals surface area contributed by atoms with E-state index < -0.39 is 0 Å². The minimum Gasteiger partial charge on any atom is -0.338 e. The fraction of sp³-hybridized carbons (Fsp3) is 0.750. The van der Waals surface area contributed by atoms with Gasteiger partial charge in [0.2, 0.25) is 0 Å². The van der Waals surface area contributed by atoms with Crippen LogP contribution in [0.15, 0.2) is 12.4 Å². The second-order valence-corrected chi connectivity index (χ2v) is 5.01. The summed E-state index contributed by atoms with van der Waals surface area (Å²) in [5.41, 5.74) is 0. The molecule has 0 aromatic carbocycles. The fourth-order valence-corrected chi connectivity index (χ4v) is 2.36. The summed E-state index contributed by atoms with van der Waals surface area (Å²) >= 11 is 1.92. The van der Waals surface area contributed by atoms with E-state index in [0.29, 0.717) is 6.04 Å². The Hall–Kier alpha value is -0.480. The summed E-state index contributed by atoms with van der Waals surface area (Å²) < 4.78 is 2.11. The van der Waals surface area contributed by atoms with Crippen molar-refractivity contribution in [2.24, 2.45) is 7.05 Å². The number of imidazole rings is 1. The van der Waals surface area contributed by atoms with Crippen molar-refractivity contribution in [1.29, 1.82) is 0 Å². The van der Waals surface area contributed by atoms with E-state index in [-0.39, 0.29) is 0 Å². The number of hydrogen-bond acceptors (Lipinski definition) is 3. The van der Waals surface area contributed by atoms with Gasteiger partial charge in [0.25, 0.3) is 0 Å². The van der Waals surface area contributed by atoms with Gasteiger partial charge in [0.05, 0.1) is 0 Å². The monoisotopic (exact) mass is 241 g/mol. The van der Waals surface area contributed by atoms with Crippen LogP contribution in [0, 0.1) is 0 Å². The minimum atomic E-state index is 0.633. The lowest BCUT2D eigenvalue weighted by molar-refractivity contribution is 0.476. The van der Waals surface area contributed by atoms with E-state index in [4.69, 9.17) is 0 Å². The van der Waals surface area contributed by atoms with E-state index in [0.717, 1.165) is 13.0 Å². The predicted octanol–water partition coefficient (Wildman–Crippen LogP) is 2.08. The molecule has 0 aliphatic carbocycles. The first-order chi connectivity index (χ1) is 7.77. The molecule has 4 heteroatoms. The fourth-order valence-electron chi connectivity index (χ4n) is 1.84. The highest BCUT2D eigenvalue weighted by Crippen LogP contribution is 2.08. The Morgan fingerprint density at radius 3 is 2.88 bits per heavy atom. The molecule has 3 nitrogen and oxygen atoms in total. The van der Waals surface area contributed by atoms with Crippen LogP contribution in [-0.2, 0) is 13.5 Å². The molecule has 1 rings (SSSR count). The molecule has 1 aromatic heterocycles. The van der Waals surface area contributed by atoms with Crippen LogP contribution in [0.4, 0.5) is 0 Å². The topological polar surface area (TPSA) is 29.9 Å². The molecule has 0 bridgehead atoms. The third-order valence-electron chi connectivity index (χ3n) is 2.80. The van der Waals surface area contributed by atoms with Gasteiger partial charge in [-0.2, -0.15) is 11.8 Å². The van der Waals surface area contributed by atoms with Gasteiger partial charge < -0.3 is 9.88 Å². The molecule has 0 saturated carbocycles. The van der Waals surface area contributed by atoms with Crippen molar-refractivity contribution in [1.82, 2.24) is 14.9 Å². The van der Waals surface area contributed by atoms with Crippen LogP contribution in [0.25, 0.3) is 0 Å². The van der Waals surface area contributed by atoms with Gasteiger partial charge in [-0.25, -0.2) is 4.98 Å². The normalized spacial score (nSPS) is 12.9. The van der Waals surface area contributed by atoms with Gasteiger partial charge >= 0.3 is 0 Å². The molecule has 0 saturated heterocycles. The van der Waals surface area contributed by atoms with E-state index >= 15 is 0 Å². The maximum absolute atomic E-state index is 4.36. The molecule has 1 N–H and O–H groups in total. The summed E-state index contributed by atoms with van der Waals surface area (Å²) in [6.07, 6.45) is 9.55. The van der Waals surface area contributed by atoms with Crippen LogP contribution in [0.5, 0.6) is 0 Å². The SMILES string of the molecule is CCNC(CCSC)CCc1nccn1C. The van der Waals surface area contributed by atoms with Crippen molar-refractivity contribution in [2.75, 3.05) is 18.6 Å². The number of hydrogen-bond donors (Lipinski definition) is 1. The smallest absolute Gasteiger partial charge is 0.108 e. The molecule has 0 spiro atoms. The summed E-state index contributed by atoms with van der Waals surface area (Å²) in [5.74, 6) is 2.42. The van der Waals surface area contributed by atoms with Crippen molar-refractivity contribution >= 4 is 11.8 Å². The lowest BCUT2D eigenvalue weighted by Crippen LogP contribution is -2.30. The molecular formula is C12H23N3S. The van der Waals surface area contributed by atoms with Gasteiger partial charge in [-0.15, -0.1) is 0 Å². The third kappa shape index (κ3) is 4.58. The number of aromatic nitrogens is 2. The van der Waals surface area contributed by atoms with E-state index in [1.165, 1.54) is 24.4 Å². The van der Waals surface area contributed by atoms with Crippen LogP contribution in [0.1, 0.15) is 25.6 Å². The van der Waals surface area contributed by atoms with E-state index in [9.17, 15) is 0 Å². The first-order valence-corrected chi connectivity index (χ1v) is 7.35. The van der Waals surface area contributed by atoms with Crippen molar-refractivity contribution in [3.8, 4) is 0 Å². The summed E-state index contributed by atoms with van der Waals surface area (Å²) in [6, 6.07) is 0.633. The molecule has 1 heterocycles. The summed E-state index contributed by atoms with van der Waals surface area (Å²) in [6.45, 7) is 3.23. The Kier molecular flexibility index (Phi) is 6.57. The highest BCUT2D eigenvalue weighted by molar-refractivity contribution is 7.98. The zero-order valence-corrected chi connectivity index (χ0v) is 11.4. The van der Waals surface area contributed by atoms with Gasteiger partial charge in [-0.05, 0) is 31.4 Å². The minimum absolute atomic E-state index is 0.633. The third-order valence-corrected chi connectivity index (χ3v) is 3.44. The first kappa shape index (κ1) is 13.6. The zero-order chi connectivity index (χ0) is 11.8. The van der Waals surface area contributed by atoms with Gasteiger partial charge in [0.1, 0.15) is 5.82 Å². The Balaban J connectivity index is 2.34. The summed E-state index contributed by atoms with van der Waals surface area (Å²) in [4.78, 5) is 4.36. The molecule has 16 heavy (non-hydrogen) atoms. The Labute approximate surface area is 103 Å². The Morgan fingerprint density at radius 1 is 1.50 bits per heavy atom. The van der Waals surface area contributed by atoms with Crippen LogP contribution >= 0.6 is 11.8 Å². The quantitative estimate of drug-likeness (QED) is 0.756. The lowest BCUT2D eigenvalue weighted by atomic mass is 10.1. The largest absolute Gasteiger partial charge is 0.338 e. The van der Waals surface area contributed by atoms with Crippen LogP contribution < -0.4 is 5.32 Å². The molecule has 0 radical (unpaired) electrons. The standard InChI is InChI=1S/C12H23N3S/c1-4-13-11(7-10-16-3)5-6-12-14-8-9-15(12)2/h8-9,11,13H,4-7,10H2,1-3H3. The van der Waals surface area contributed by atoms with Crippen molar-refractivity contribution in [3.05, 3.63) is 18.2 Å². The van der Waals surface area contributed by atoms with Gasteiger partial charge in [-0.1, -0.05) is 6.92 Å². The summed E-state index contributed by atoms with van der Waals surface area (Å²) in [5, 5.41) is 3.55. The molecular weight excluding hydrogens is 218 g/mol. The number of aryl methyl sites for hydroxylation is 2. The maximum atomic E-state index is 4.36. The Morgan fingerprint density at radius 2 is 2.31 bits per heavy atom. The first-order valence-electron chi connectivity index (χ1n) is 5.96. The second-order valence-electron chi connectivity index (χ2n) is 4.03. The molecule has 1 aromatic rings. The van der Waals surface area contributed by atoms with Crippen molar-refractivity contribution in [3.63, 3.8) is 0 Å². The van der Waals surface area contributed by atoms with Crippen LogP contribution in [0.3, 0.4) is 0 Å². The van der Waals surface area contributed by atoms with Crippen LogP contribution in [-0.4, -0.2) is 34.1 Å². The maximum Gasteiger partial charge on any atom is 0.108 e. The predicted molar refractivity (Wildman–Crippen MR) is 72.0 cm³/mol. The van der Waals surface area contributed by atoms with Gasteiger partial charge in [-0.3, -0.25) is 0 Å².